The van der Waals surface area contributed by atoms with E-state index in [9.17, 15) is 4.79 Å². The summed E-state index contributed by atoms with van der Waals surface area (Å²) in [5.41, 5.74) is 6.64. The third-order valence-electron chi connectivity index (χ3n) is 3.35. The maximum Gasteiger partial charge on any atom is 0.220 e. The summed E-state index contributed by atoms with van der Waals surface area (Å²) in [4.78, 5) is 11.0. The van der Waals surface area contributed by atoms with E-state index in [2.05, 4.69) is 32.7 Å². The molecule has 0 spiro atoms. The molecule has 0 atom stereocenters. The zero-order valence-corrected chi connectivity index (χ0v) is 12.0. The van der Waals surface area contributed by atoms with Crippen LogP contribution in [0.15, 0.2) is 15.2 Å². The number of rotatable bonds is 4. The fourth-order valence-corrected chi connectivity index (χ4v) is 3.49. The van der Waals surface area contributed by atoms with Gasteiger partial charge in [-0.3, -0.25) is 4.79 Å². The number of halogens is 1. The summed E-state index contributed by atoms with van der Waals surface area (Å²) < 4.78 is 1.17. The van der Waals surface area contributed by atoms with Crippen LogP contribution in [-0.2, 0) is 11.3 Å². The normalized spacial score (nSPS) is 24.8. The van der Waals surface area contributed by atoms with Gasteiger partial charge in [0.1, 0.15) is 0 Å². The first-order valence-electron chi connectivity index (χ1n) is 5.91. The van der Waals surface area contributed by atoms with Crippen LogP contribution in [0.4, 0.5) is 0 Å². The quantitative estimate of drug-likeness (QED) is 0.897. The van der Waals surface area contributed by atoms with Crippen molar-refractivity contribution in [3.05, 3.63) is 20.8 Å². The summed E-state index contributed by atoms with van der Waals surface area (Å²) in [7, 11) is 0. The second-order valence-electron chi connectivity index (χ2n) is 4.59. The molecule has 94 valence electrons. The first-order chi connectivity index (χ1) is 8.15. The highest BCUT2D eigenvalue weighted by molar-refractivity contribution is 9.11. The van der Waals surface area contributed by atoms with Gasteiger partial charge in [-0.1, -0.05) is 0 Å². The number of thiophene rings is 1. The van der Waals surface area contributed by atoms with Gasteiger partial charge in [0.15, 0.2) is 0 Å². The molecule has 1 aromatic rings. The number of hydrogen-bond donors (Lipinski definition) is 2. The molecule has 2 rings (SSSR count). The Kier molecular flexibility index (Phi) is 4.59. The van der Waals surface area contributed by atoms with Crippen molar-refractivity contribution in [2.45, 2.75) is 38.3 Å². The Morgan fingerprint density at radius 3 is 2.71 bits per heavy atom. The van der Waals surface area contributed by atoms with Crippen molar-refractivity contribution < 1.29 is 4.79 Å². The lowest BCUT2D eigenvalue weighted by atomic mass is 9.85. The Balaban J connectivity index is 1.73. The molecule has 1 aliphatic rings. The first-order valence-corrected chi connectivity index (χ1v) is 7.58. The van der Waals surface area contributed by atoms with Gasteiger partial charge in [0, 0.05) is 18.5 Å². The molecule has 1 saturated carbocycles. The molecule has 1 fully saturated rings. The van der Waals surface area contributed by atoms with E-state index in [1.165, 1.54) is 9.35 Å². The van der Waals surface area contributed by atoms with Crippen molar-refractivity contribution in [2.24, 2.45) is 11.7 Å². The highest BCUT2D eigenvalue weighted by Crippen LogP contribution is 2.25. The molecule has 3 nitrogen and oxygen atoms in total. The van der Waals surface area contributed by atoms with E-state index in [0.717, 1.165) is 32.2 Å². The van der Waals surface area contributed by atoms with E-state index in [1.54, 1.807) is 11.3 Å². The van der Waals surface area contributed by atoms with Gasteiger partial charge in [-0.25, -0.2) is 0 Å². The van der Waals surface area contributed by atoms with E-state index in [1.807, 2.05) is 0 Å². The van der Waals surface area contributed by atoms with E-state index >= 15 is 0 Å². The molecule has 1 aliphatic carbocycles. The van der Waals surface area contributed by atoms with Crippen molar-refractivity contribution in [1.29, 1.82) is 0 Å². The number of nitrogens with one attached hydrogen (secondary N) is 1. The Morgan fingerprint density at radius 2 is 2.18 bits per heavy atom. The Morgan fingerprint density at radius 1 is 1.47 bits per heavy atom. The maximum atomic E-state index is 11.0. The van der Waals surface area contributed by atoms with Crippen LogP contribution in [-0.4, -0.2) is 11.9 Å². The van der Waals surface area contributed by atoms with Crippen LogP contribution >= 0.6 is 27.3 Å². The molecule has 17 heavy (non-hydrogen) atoms. The van der Waals surface area contributed by atoms with Crippen LogP contribution in [0.5, 0.6) is 0 Å². The van der Waals surface area contributed by atoms with Crippen LogP contribution in [0, 0.1) is 5.92 Å². The van der Waals surface area contributed by atoms with Gasteiger partial charge in [0.05, 0.1) is 3.79 Å². The van der Waals surface area contributed by atoms with Crippen molar-refractivity contribution in [1.82, 2.24) is 5.32 Å². The number of nitrogens with two attached hydrogens (primary N) is 1. The third-order valence-corrected chi connectivity index (χ3v) is 4.90. The molecule has 0 unspecified atom stereocenters. The highest BCUT2D eigenvalue weighted by Gasteiger charge is 2.24. The molecule has 1 heterocycles. The summed E-state index contributed by atoms with van der Waals surface area (Å²) >= 11 is 5.17. The van der Waals surface area contributed by atoms with Crippen molar-refractivity contribution >= 4 is 33.2 Å². The van der Waals surface area contributed by atoms with Crippen LogP contribution in [0.3, 0.4) is 0 Å². The average Bonchev–Trinajstić information content (AvgIpc) is 2.73. The second kappa shape index (κ2) is 5.98. The van der Waals surface area contributed by atoms with E-state index < -0.39 is 0 Å². The summed E-state index contributed by atoms with van der Waals surface area (Å²) in [5, 5.41) is 5.70. The van der Waals surface area contributed by atoms with Crippen LogP contribution in [0.1, 0.15) is 31.2 Å². The number of carbonyl (C=O) groups excluding carboxylic acids is 1. The van der Waals surface area contributed by atoms with Gasteiger partial charge < -0.3 is 11.1 Å². The predicted molar refractivity (Wildman–Crippen MR) is 73.8 cm³/mol. The minimum Gasteiger partial charge on any atom is -0.369 e. The first kappa shape index (κ1) is 13.1. The molecule has 5 heteroatoms. The minimum absolute atomic E-state index is 0.100. The fourth-order valence-electron chi connectivity index (χ4n) is 2.28. The number of primary amides is 1. The second-order valence-corrected chi connectivity index (χ2v) is 6.88. The van der Waals surface area contributed by atoms with Gasteiger partial charge in [-0.15, -0.1) is 11.3 Å². The van der Waals surface area contributed by atoms with Crippen LogP contribution in [0.25, 0.3) is 0 Å². The lowest BCUT2D eigenvalue weighted by molar-refractivity contribution is -0.122. The van der Waals surface area contributed by atoms with Crippen molar-refractivity contribution in [2.75, 3.05) is 0 Å². The monoisotopic (exact) mass is 316 g/mol. The van der Waals surface area contributed by atoms with Gasteiger partial charge in [0.2, 0.25) is 5.91 Å². The molecule has 0 saturated heterocycles. The Labute approximate surface area is 114 Å². The lowest BCUT2D eigenvalue weighted by Crippen LogP contribution is -2.36. The smallest absolute Gasteiger partial charge is 0.220 e. The minimum atomic E-state index is -0.134. The third kappa shape index (κ3) is 3.79. The number of carbonyl (C=O) groups is 1. The number of amides is 1. The number of hydrogen-bond acceptors (Lipinski definition) is 3. The fraction of sp³-hybridized carbons (Fsp3) is 0.583. The standard InChI is InChI=1S/C12H17BrN2OS/c13-11-5-8(7-17-11)6-15-10-3-1-9(2-4-10)12(14)16/h5,7,9-10,15H,1-4,6H2,(H2,14,16). The predicted octanol–water partition coefficient (Wildman–Crippen LogP) is 2.64. The molecule has 1 aromatic heterocycles. The SMILES string of the molecule is NC(=O)C1CCC(NCc2csc(Br)c2)CC1. The lowest BCUT2D eigenvalue weighted by Gasteiger charge is -2.27. The molecular formula is C12H17BrN2OS. The van der Waals surface area contributed by atoms with Gasteiger partial charge in [-0.05, 0) is 58.6 Å². The zero-order chi connectivity index (χ0) is 12.3. The molecule has 1 amide bonds. The largest absolute Gasteiger partial charge is 0.369 e. The topological polar surface area (TPSA) is 55.1 Å². The highest BCUT2D eigenvalue weighted by atomic mass is 79.9. The summed E-state index contributed by atoms with van der Waals surface area (Å²) in [6, 6.07) is 2.68. The molecule has 0 radical (unpaired) electrons. The van der Waals surface area contributed by atoms with Crippen LogP contribution in [0.2, 0.25) is 0 Å². The Hall–Kier alpha value is -0.390. The van der Waals surface area contributed by atoms with Crippen LogP contribution < -0.4 is 11.1 Å². The van der Waals surface area contributed by atoms with Crippen molar-refractivity contribution in [3.63, 3.8) is 0 Å². The van der Waals surface area contributed by atoms with Gasteiger partial charge in [-0.2, -0.15) is 0 Å². The molecule has 0 aliphatic heterocycles. The summed E-state index contributed by atoms with van der Waals surface area (Å²) in [6.07, 6.45) is 3.97. The molecule has 0 bridgehead atoms. The molecular weight excluding hydrogens is 300 g/mol. The molecule has 3 N–H and O–H groups in total. The summed E-state index contributed by atoms with van der Waals surface area (Å²) in [6.45, 7) is 0.911. The van der Waals surface area contributed by atoms with E-state index in [0.29, 0.717) is 6.04 Å². The summed E-state index contributed by atoms with van der Waals surface area (Å²) in [5.74, 6) is -0.0337. The van der Waals surface area contributed by atoms with Gasteiger partial charge >= 0.3 is 0 Å². The molecule has 0 aromatic carbocycles. The Bertz CT molecular complexity index is 386. The average molecular weight is 317 g/mol. The van der Waals surface area contributed by atoms with Crippen molar-refractivity contribution in [3.8, 4) is 0 Å². The zero-order valence-electron chi connectivity index (χ0n) is 9.62. The maximum absolute atomic E-state index is 11.0. The van der Waals surface area contributed by atoms with E-state index in [-0.39, 0.29) is 11.8 Å². The van der Waals surface area contributed by atoms with Gasteiger partial charge in [0.25, 0.3) is 0 Å². The van der Waals surface area contributed by atoms with E-state index in [4.69, 9.17) is 5.73 Å².